The van der Waals surface area contributed by atoms with E-state index in [0.29, 0.717) is 45.0 Å². The zero-order chi connectivity index (χ0) is 16.2. The number of amides is 3. The largest absolute Gasteiger partial charge is 0.493 e. The molecule has 2 aliphatic rings. The predicted octanol–water partition coefficient (Wildman–Crippen LogP) is 0.388. The maximum atomic E-state index is 12.3. The van der Waals surface area contributed by atoms with Gasteiger partial charge in [-0.2, -0.15) is 0 Å². The van der Waals surface area contributed by atoms with Gasteiger partial charge in [0.2, 0.25) is 5.91 Å². The summed E-state index contributed by atoms with van der Waals surface area (Å²) in [5, 5.41) is 5.62. The van der Waals surface area contributed by atoms with Crippen LogP contribution < -0.4 is 20.1 Å². The molecule has 1 atom stereocenters. The van der Waals surface area contributed by atoms with Gasteiger partial charge in [0.1, 0.15) is 6.61 Å². The minimum absolute atomic E-state index is 0.0434. The van der Waals surface area contributed by atoms with Crippen molar-refractivity contribution in [1.82, 2.24) is 15.5 Å². The summed E-state index contributed by atoms with van der Waals surface area (Å²) < 4.78 is 11.0. The van der Waals surface area contributed by atoms with Gasteiger partial charge in [-0.05, 0) is 18.1 Å². The molecular weight excluding hydrogens is 298 g/mol. The number of carbonyl (C=O) groups is 2. The first-order chi connectivity index (χ1) is 11.2. The molecular formula is C16H21N3O4. The van der Waals surface area contributed by atoms with Gasteiger partial charge in [-0.1, -0.05) is 12.1 Å². The monoisotopic (exact) mass is 319 g/mol. The van der Waals surface area contributed by atoms with E-state index < -0.39 is 0 Å². The van der Waals surface area contributed by atoms with Crippen molar-refractivity contribution in [3.05, 3.63) is 23.8 Å². The second-order valence-corrected chi connectivity index (χ2v) is 5.67. The molecule has 0 aromatic heterocycles. The van der Waals surface area contributed by atoms with Gasteiger partial charge in [-0.3, -0.25) is 4.79 Å². The Morgan fingerprint density at radius 3 is 3.13 bits per heavy atom. The van der Waals surface area contributed by atoms with Gasteiger partial charge >= 0.3 is 6.03 Å². The molecule has 0 saturated carbocycles. The molecule has 1 aromatic carbocycles. The highest BCUT2D eigenvalue weighted by atomic mass is 16.5. The average molecular weight is 319 g/mol. The van der Waals surface area contributed by atoms with Crippen LogP contribution in [0.5, 0.6) is 11.5 Å². The summed E-state index contributed by atoms with van der Waals surface area (Å²) in [6.45, 7) is 2.67. The molecule has 1 saturated heterocycles. The highest BCUT2D eigenvalue weighted by Gasteiger charge is 2.28. The van der Waals surface area contributed by atoms with Crippen molar-refractivity contribution >= 4 is 11.9 Å². The Bertz CT molecular complexity index is 605. The Hall–Kier alpha value is -2.44. The zero-order valence-electron chi connectivity index (χ0n) is 13.1. The molecule has 2 aliphatic heterocycles. The summed E-state index contributed by atoms with van der Waals surface area (Å²) in [5.41, 5.74) is 0.981. The van der Waals surface area contributed by atoms with E-state index >= 15 is 0 Å². The number of carbonyl (C=O) groups excluding carboxylic acids is 2. The van der Waals surface area contributed by atoms with E-state index in [4.69, 9.17) is 9.47 Å². The SMILES string of the molecule is COc1cccc2c1OCC(C(=O)NCCN1CCNC1=O)C2. The van der Waals surface area contributed by atoms with Crippen LogP contribution in [0.4, 0.5) is 4.79 Å². The Kier molecular flexibility index (Phi) is 4.55. The molecule has 1 unspecified atom stereocenters. The molecule has 0 bridgehead atoms. The van der Waals surface area contributed by atoms with Crippen molar-refractivity contribution < 1.29 is 19.1 Å². The standard InChI is InChI=1S/C16H21N3O4/c1-22-13-4-2-3-11-9-12(10-23-14(11)13)15(20)17-5-7-19-8-6-18-16(19)21/h2-4,12H,5-10H2,1H3,(H,17,20)(H,18,21). The third-order valence-corrected chi connectivity index (χ3v) is 4.17. The number of ether oxygens (including phenoxy) is 2. The molecule has 2 heterocycles. The van der Waals surface area contributed by atoms with Crippen LogP contribution in [0.25, 0.3) is 0 Å². The van der Waals surface area contributed by atoms with Crippen LogP contribution >= 0.6 is 0 Å². The molecule has 7 heteroatoms. The van der Waals surface area contributed by atoms with E-state index in [2.05, 4.69) is 10.6 Å². The van der Waals surface area contributed by atoms with Crippen molar-refractivity contribution in [2.24, 2.45) is 5.92 Å². The number of rotatable bonds is 5. The van der Waals surface area contributed by atoms with Crippen LogP contribution in [0.15, 0.2) is 18.2 Å². The fourth-order valence-electron chi connectivity index (χ4n) is 2.91. The molecule has 0 spiro atoms. The Morgan fingerprint density at radius 1 is 1.52 bits per heavy atom. The van der Waals surface area contributed by atoms with Crippen LogP contribution in [-0.2, 0) is 11.2 Å². The third-order valence-electron chi connectivity index (χ3n) is 4.17. The molecule has 3 rings (SSSR count). The van der Waals surface area contributed by atoms with Crippen molar-refractivity contribution in [1.29, 1.82) is 0 Å². The first-order valence-corrected chi connectivity index (χ1v) is 7.78. The second kappa shape index (κ2) is 6.76. The Morgan fingerprint density at radius 2 is 2.39 bits per heavy atom. The molecule has 1 fully saturated rings. The van der Waals surface area contributed by atoms with Crippen molar-refractivity contribution in [3.8, 4) is 11.5 Å². The molecule has 7 nitrogen and oxygen atoms in total. The second-order valence-electron chi connectivity index (χ2n) is 5.67. The molecule has 1 aromatic rings. The van der Waals surface area contributed by atoms with E-state index in [1.54, 1.807) is 12.0 Å². The predicted molar refractivity (Wildman–Crippen MR) is 83.7 cm³/mol. The minimum Gasteiger partial charge on any atom is -0.493 e. The molecule has 124 valence electrons. The number of fused-ring (bicyclic) bond motifs is 1. The van der Waals surface area contributed by atoms with Gasteiger partial charge in [0.05, 0.1) is 13.0 Å². The fraction of sp³-hybridized carbons (Fsp3) is 0.500. The molecule has 2 N–H and O–H groups in total. The van der Waals surface area contributed by atoms with Gasteiger partial charge < -0.3 is 25.0 Å². The topological polar surface area (TPSA) is 79.9 Å². The highest BCUT2D eigenvalue weighted by molar-refractivity contribution is 5.80. The third kappa shape index (κ3) is 3.33. The van der Waals surface area contributed by atoms with E-state index in [-0.39, 0.29) is 17.9 Å². The van der Waals surface area contributed by atoms with Crippen molar-refractivity contribution in [2.45, 2.75) is 6.42 Å². The van der Waals surface area contributed by atoms with Crippen LogP contribution in [0.2, 0.25) is 0 Å². The van der Waals surface area contributed by atoms with Crippen LogP contribution in [-0.4, -0.2) is 56.7 Å². The normalized spacial score (nSPS) is 19.6. The molecule has 3 amide bonds. The highest BCUT2D eigenvalue weighted by Crippen LogP contribution is 2.35. The molecule has 23 heavy (non-hydrogen) atoms. The number of para-hydroxylation sites is 1. The van der Waals surface area contributed by atoms with Crippen LogP contribution in [0.3, 0.4) is 0 Å². The quantitative estimate of drug-likeness (QED) is 0.823. The number of benzene rings is 1. The minimum atomic E-state index is -0.220. The Labute approximate surface area is 134 Å². The maximum absolute atomic E-state index is 12.3. The number of hydrogen-bond donors (Lipinski definition) is 2. The lowest BCUT2D eigenvalue weighted by Gasteiger charge is -2.26. The number of nitrogens with one attached hydrogen (secondary N) is 2. The first kappa shape index (κ1) is 15.5. The summed E-state index contributed by atoms with van der Waals surface area (Å²) in [5.74, 6) is 1.16. The van der Waals surface area contributed by atoms with Gasteiger partial charge in [-0.25, -0.2) is 4.79 Å². The van der Waals surface area contributed by atoms with E-state index in [1.165, 1.54) is 0 Å². The van der Waals surface area contributed by atoms with Crippen molar-refractivity contribution in [2.75, 3.05) is 39.9 Å². The Balaban J connectivity index is 1.52. The van der Waals surface area contributed by atoms with E-state index in [9.17, 15) is 9.59 Å². The van der Waals surface area contributed by atoms with Crippen LogP contribution in [0, 0.1) is 5.92 Å². The average Bonchev–Trinajstić information content (AvgIpc) is 2.98. The fourth-order valence-corrected chi connectivity index (χ4v) is 2.91. The maximum Gasteiger partial charge on any atom is 0.317 e. The first-order valence-electron chi connectivity index (χ1n) is 7.78. The van der Waals surface area contributed by atoms with Gasteiger partial charge in [0.15, 0.2) is 11.5 Å². The number of methoxy groups -OCH3 is 1. The van der Waals surface area contributed by atoms with E-state index in [1.807, 2.05) is 18.2 Å². The zero-order valence-corrected chi connectivity index (χ0v) is 13.1. The molecule has 0 radical (unpaired) electrons. The van der Waals surface area contributed by atoms with Crippen molar-refractivity contribution in [3.63, 3.8) is 0 Å². The number of urea groups is 1. The van der Waals surface area contributed by atoms with Gasteiger partial charge in [-0.15, -0.1) is 0 Å². The summed E-state index contributed by atoms with van der Waals surface area (Å²) >= 11 is 0. The summed E-state index contributed by atoms with van der Waals surface area (Å²) in [6, 6.07) is 5.63. The number of hydrogen-bond acceptors (Lipinski definition) is 4. The lowest BCUT2D eigenvalue weighted by Crippen LogP contribution is -2.41. The van der Waals surface area contributed by atoms with Gasteiger partial charge in [0.25, 0.3) is 0 Å². The lowest BCUT2D eigenvalue weighted by atomic mass is 9.95. The van der Waals surface area contributed by atoms with E-state index in [0.717, 1.165) is 11.3 Å². The summed E-state index contributed by atoms with van der Waals surface area (Å²) in [6.07, 6.45) is 0.628. The molecule has 0 aliphatic carbocycles. The number of nitrogens with zero attached hydrogens (tertiary/aromatic N) is 1. The van der Waals surface area contributed by atoms with Gasteiger partial charge in [0, 0.05) is 26.2 Å². The lowest BCUT2D eigenvalue weighted by molar-refractivity contribution is -0.126. The summed E-state index contributed by atoms with van der Waals surface area (Å²) in [4.78, 5) is 25.4. The van der Waals surface area contributed by atoms with Crippen LogP contribution in [0.1, 0.15) is 5.56 Å². The smallest absolute Gasteiger partial charge is 0.317 e. The summed E-state index contributed by atoms with van der Waals surface area (Å²) in [7, 11) is 1.60.